The van der Waals surface area contributed by atoms with Gasteiger partial charge in [-0.3, -0.25) is 4.98 Å². The lowest BCUT2D eigenvalue weighted by atomic mass is 10.2. The van der Waals surface area contributed by atoms with Gasteiger partial charge in [-0.25, -0.2) is 4.68 Å². The van der Waals surface area contributed by atoms with Crippen LogP contribution >= 0.6 is 11.6 Å². The Kier molecular flexibility index (Phi) is 3.25. The van der Waals surface area contributed by atoms with Crippen LogP contribution in [0.2, 0.25) is 5.02 Å². The molecule has 5 heteroatoms. The van der Waals surface area contributed by atoms with Gasteiger partial charge in [0.25, 0.3) is 0 Å². The molecule has 2 heterocycles. The van der Waals surface area contributed by atoms with Gasteiger partial charge in [0, 0.05) is 16.8 Å². The number of benzene rings is 1. The Labute approximate surface area is 115 Å². The standard InChI is InChI=1S/C14H11ClN4/c15-12-6-4-11(5-7-12)14-10-19(18-17-14)9-13-3-1-2-8-16-13/h1-8,10H,9H2. The number of rotatable bonds is 3. The van der Waals surface area contributed by atoms with Crippen molar-refractivity contribution in [1.82, 2.24) is 20.0 Å². The molecule has 0 atom stereocenters. The second-order valence-electron chi connectivity index (χ2n) is 4.13. The summed E-state index contributed by atoms with van der Waals surface area (Å²) in [7, 11) is 0. The second kappa shape index (κ2) is 5.20. The maximum Gasteiger partial charge on any atom is 0.113 e. The molecule has 0 radical (unpaired) electrons. The zero-order valence-corrected chi connectivity index (χ0v) is 10.8. The van der Waals surface area contributed by atoms with Crippen molar-refractivity contribution in [3.8, 4) is 11.3 Å². The highest BCUT2D eigenvalue weighted by Gasteiger charge is 2.04. The quantitative estimate of drug-likeness (QED) is 0.735. The van der Waals surface area contributed by atoms with Gasteiger partial charge in [-0.05, 0) is 24.3 Å². The van der Waals surface area contributed by atoms with Crippen molar-refractivity contribution >= 4 is 11.6 Å². The first-order valence-electron chi connectivity index (χ1n) is 5.87. The molecule has 0 aliphatic rings. The lowest BCUT2D eigenvalue weighted by molar-refractivity contribution is 0.639. The summed E-state index contributed by atoms with van der Waals surface area (Å²) in [5.41, 5.74) is 2.78. The van der Waals surface area contributed by atoms with Gasteiger partial charge in [0.05, 0.1) is 18.4 Å². The van der Waals surface area contributed by atoms with Gasteiger partial charge in [-0.1, -0.05) is 35.0 Å². The van der Waals surface area contributed by atoms with E-state index in [-0.39, 0.29) is 0 Å². The molecule has 4 nitrogen and oxygen atoms in total. The number of halogens is 1. The fourth-order valence-corrected chi connectivity index (χ4v) is 1.91. The molecule has 0 fully saturated rings. The molecule has 0 bridgehead atoms. The van der Waals surface area contributed by atoms with E-state index in [0.717, 1.165) is 17.0 Å². The fraction of sp³-hybridized carbons (Fsp3) is 0.0714. The molecule has 0 N–H and O–H groups in total. The average molecular weight is 271 g/mol. The maximum atomic E-state index is 5.86. The molecule has 0 aliphatic carbocycles. The molecule has 3 aromatic rings. The van der Waals surface area contributed by atoms with Gasteiger partial charge in [0.2, 0.25) is 0 Å². The number of nitrogens with zero attached hydrogens (tertiary/aromatic N) is 4. The second-order valence-corrected chi connectivity index (χ2v) is 4.57. The predicted molar refractivity (Wildman–Crippen MR) is 73.8 cm³/mol. The maximum absolute atomic E-state index is 5.86. The molecular formula is C14H11ClN4. The van der Waals surface area contributed by atoms with Crippen LogP contribution < -0.4 is 0 Å². The van der Waals surface area contributed by atoms with E-state index in [1.165, 1.54) is 0 Å². The van der Waals surface area contributed by atoms with E-state index in [4.69, 9.17) is 11.6 Å². The highest BCUT2D eigenvalue weighted by atomic mass is 35.5. The monoisotopic (exact) mass is 270 g/mol. The van der Waals surface area contributed by atoms with Gasteiger partial charge in [0.1, 0.15) is 5.69 Å². The topological polar surface area (TPSA) is 43.6 Å². The highest BCUT2D eigenvalue weighted by molar-refractivity contribution is 6.30. The van der Waals surface area contributed by atoms with Crippen LogP contribution in [0.1, 0.15) is 5.69 Å². The summed E-state index contributed by atoms with van der Waals surface area (Å²) in [6, 6.07) is 13.4. The van der Waals surface area contributed by atoms with Crippen LogP contribution in [0.5, 0.6) is 0 Å². The van der Waals surface area contributed by atoms with E-state index >= 15 is 0 Å². The summed E-state index contributed by atoms with van der Waals surface area (Å²) >= 11 is 5.86. The first kappa shape index (κ1) is 11.9. The molecule has 94 valence electrons. The lowest BCUT2D eigenvalue weighted by Crippen LogP contribution is -2.01. The Morgan fingerprint density at radius 1 is 1.05 bits per heavy atom. The largest absolute Gasteiger partial charge is 0.259 e. The minimum atomic E-state index is 0.613. The Morgan fingerprint density at radius 2 is 1.89 bits per heavy atom. The van der Waals surface area contributed by atoms with E-state index < -0.39 is 0 Å². The van der Waals surface area contributed by atoms with Gasteiger partial charge in [-0.2, -0.15) is 0 Å². The summed E-state index contributed by atoms with van der Waals surface area (Å²) in [4.78, 5) is 4.26. The Hall–Kier alpha value is -2.20. The van der Waals surface area contributed by atoms with Gasteiger partial charge in [0.15, 0.2) is 0 Å². The summed E-state index contributed by atoms with van der Waals surface area (Å²) in [5, 5.41) is 8.97. The van der Waals surface area contributed by atoms with Crippen molar-refractivity contribution in [2.45, 2.75) is 6.54 Å². The van der Waals surface area contributed by atoms with Gasteiger partial charge in [-0.15, -0.1) is 5.10 Å². The molecule has 0 amide bonds. The van der Waals surface area contributed by atoms with Gasteiger partial charge >= 0.3 is 0 Å². The van der Waals surface area contributed by atoms with Gasteiger partial charge < -0.3 is 0 Å². The van der Waals surface area contributed by atoms with E-state index in [1.54, 1.807) is 10.9 Å². The zero-order chi connectivity index (χ0) is 13.1. The molecule has 0 aliphatic heterocycles. The first-order chi connectivity index (χ1) is 9.31. The number of hydrogen-bond donors (Lipinski definition) is 0. The molecular weight excluding hydrogens is 260 g/mol. The number of aromatic nitrogens is 4. The Balaban J connectivity index is 1.82. The molecule has 2 aromatic heterocycles. The molecule has 19 heavy (non-hydrogen) atoms. The smallest absolute Gasteiger partial charge is 0.113 e. The lowest BCUT2D eigenvalue weighted by Gasteiger charge is -1.98. The molecule has 0 unspecified atom stereocenters. The third kappa shape index (κ3) is 2.80. The average Bonchev–Trinajstić information content (AvgIpc) is 2.89. The molecule has 1 aromatic carbocycles. The third-order valence-electron chi connectivity index (χ3n) is 2.73. The fourth-order valence-electron chi connectivity index (χ4n) is 1.79. The molecule has 0 saturated heterocycles. The molecule has 0 saturated carbocycles. The zero-order valence-electron chi connectivity index (χ0n) is 10.1. The molecule has 0 spiro atoms. The SMILES string of the molecule is Clc1ccc(-c2cn(Cc3ccccn3)nn2)cc1. The summed E-state index contributed by atoms with van der Waals surface area (Å²) in [6.07, 6.45) is 3.67. The van der Waals surface area contributed by atoms with Crippen molar-refractivity contribution in [2.75, 3.05) is 0 Å². The van der Waals surface area contributed by atoms with E-state index in [2.05, 4.69) is 15.3 Å². The summed E-state index contributed by atoms with van der Waals surface area (Å²) in [5.74, 6) is 0. The van der Waals surface area contributed by atoms with Crippen molar-refractivity contribution in [3.05, 3.63) is 65.6 Å². The van der Waals surface area contributed by atoms with Crippen molar-refractivity contribution in [1.29, 1.82) is 0 Å². The Bertz CT molecular complexity index is 661. The van der Waals surface area contributed by atoms with Crippen LogP contribution in [0.4, 0.5) is 0 Å². The Morgan fingerprint density at radius 3 is 2.63 bits per heavy atom. The van der Waals surface area contributed by atoms with Crippen molar-refractivity contribution in [3.63, 3.8) is 0 Å². The van der Waals surface area contributed by atoms with E-state index in [9.17, 15) is 0 Å². The highest BCUT2D eigenvalue weighted by Crippen LogP contribution is 2.18. The van der Waals surface area contributed by atoms with E-state index in [0.29, 0.717) is 11.6 Å². The van der Waals surface area contributed by atoms with Crippen LogP contribution in [0.3, 0.4) is 0 Å². The van der Waals surface area contributed by atoms with Crippen molar-refractivity contribution < 1.29 is 0 Å². The predicted octanol–water partition coefficient (Wildman–Crippen LogP) is 3.04. The third-order valence-corrected chi connectivity index (χ3v) is 2.98. The van der Waals surface area contributed by atoms with E-state index in [1.807, 2.05) is 48.7 Å². The van der Waals surface area contributed by atoms with Crippen LogP contribution in [-0.2, 0) is 6.54 Å². The van der Waals surface area contributed by atoms with Crippen LogP contribution in [0, 0.1) is 0 Å². The molecule has 3 rings (SSSR count). The summed E-state index contributed by atoms with van der Waals surface area (Å²) in [6.45, 7) is 0.613. The first-order valence-corrected chi connectivity index (χ1v) is 6.25. The minimum Gasteiger partial charge on any atom is -0.259 e. The number of hydrogen-bond acceptors (Lipinski definition) is 3. The van der Waals surface area contributed by atoms with Crippen LogP contribution in [-0.4, -0.2) is 20.0 Å². The number of pyridine rings is 1. The normalized spacial score (nSPS) is 10.6. The van der Waals surface area contributed by atoms with Crippen LogP contribution in [0.25, 0.3) is 11.3 Å². The minimum absolute atomic E-state index is 0.613. The van der Waals surface area contributed by atoms with Crippen LogP contribution in [0.15, 0.2) is 54.9 Å². The van der Waals surface area contributed by atoms with Crippen molar-refractivity contribution in [2.24, 2.45) is 0 Å². The summed E-state index contributed by atoms with van der Waals surface area (Å²) < 4.78 is 1.77.